The van der Waals surface area contributed by atoms with Crippen LogP contribution in [0.2, 0.25) is 0 Å². The van der Waals surface area contributed by atoms with Gasteiger partial charge in [0.05, 0.1) is 13.2 Å². The first-order chi connectivity index (χ1) is 7.27. The highest BCUT2D eigenvalue weighted by Crippen LogP contribution is 2.25. The minimum Gasteiger partial charge on any atom is -0.504 e. The zero-order valence-corrected chi connectivity index (χ0v) is 7.83. The summed E-state index contributed by atoms with van der Waals surface area (Å²) < 4.78 is 5.11. The van der Waals surface area contributed by atoms with Gasteiger partial charge in [-0.25, -0.2) is 0 Å². The van der Waals surface area contributed by atoms with Crippen LogP contribution < -0.4 is 4.74 Å². The Morgan fingerprint density at radius 3 is 3.07 bits per heavy atom. The standard InChI is InChI=1S/C9H9N3O3/c10-12-11-3-4-15-9-5-7(6-13)1-2-8(9)14/h1-2,5-6,14H,3-4H2. The van der Waals surface area contributed by atoms with Crippen molar-refractivity contribution in [3.63, 3.8) is 0 Å². The molecule has 0 saturated carbocycles. The lowest BCUT2D eigenvalue weighted by atomic mass is 10.2. The summed E-state index contributed by atoms with van der Waals surface area (Å²) in [6.07, 6.45) is 0.653. The summed E-state index contributed by atoms with van der Waals surface area (Å²) in [4.78, 5) is 13.0. The lowest BCUT2D eigenvalue weighted by molar-refractivity contribution is 0.112. The van der Waals surface area contributed by atoms with E-state index in [9.17, 15) is 9.90 Å². The minimum atomic E-state index is -0.0541. The highest BCUT2D eigenvalue weighted by atomic mass is 16.5. The molecule has 0 aromatic heterocycles. The normalized spacial score (nSPS) is 9.07. The molecule has 0 radical (unpaired) electrons. The van der Waals surface area contributed by atoms with Crippen LogP contribution in [-0.4, -0.2) is 24.5 Å². The molecule has 0 bridgehead atoms. The summed E-state index contributed by atoms with van der Waals surface area (Å²) in [5.74, 6) is 0.147. The van der Waals surface area contributed by atoms with E-state index in [4.69, 9.17) is 10.3 Å². The third-order valence-corrected chi connectivity index (χ3v) is 1.63. The second-order valence-electron chi connectivity index (χ2n) is 2.65. The van der Waals surface area contributed by atoms with Crippen LogP contribution in [0, 0.1) is 0 Å². The summed E-state index contributed by atoms with van der Waals surface area (Å²) in [5, 5.41) is 12.6. The van der Waals surface area contributed by atoms with Crippen molar-refractivity contribution in [3.8, 4) is 11.5 Å². The molecule has 0 unspecified atom stereocenters. The van der Waals surface area contributed by atoms with Crippen molar-refractivity contribution >= 4 is 6.29 Å². The van der Waals surface area contributed by atoms with Crippen LogP contribution in [0.15, 0.2) is 23.3 Å². The number of phenolic OH excluding ortho intramolecular Hbond substituents is 1. The third kappa shape index (κ3) is 3.21. The van der Waals surface area contributed by atoms with Gasteiger partial charge < -0.3 is 9.84 Å². The average Bonchev–Trinajstić information content (AvgIpc) is 2.26. The van der Waals surface area contributed by atoms with E-state index in [2.05, 4.69) is 10.0 Å². The summed E-state index contributed by atoms with van der Waals surface area (Å²) >= 11 is 0. The largest absolute Gasteiger partial charge is 0.504 e. The topological polar surface area (TPSA) is 95.3 Å². The molecule has 0 aliphatic heterocycles. The molecule has 6 nitrogen and oxygen atoms in total. The van der Waals surface area contributed by atoms with Gasteiger partial charge >= 0.3 is 0 Å². The Morgan fingerprint density at radius 2 is 2.40 bits per heavy atom. The fourth-order valence-corrected chi connectivity index (χ4v) is 0.961. The number of carbonyl (C=O) groups is 1. The van der Waals surface area contributed by atoms with Gasteiger partial charge in [0.1, 0.15) is 6.29 Å². The molecule has 0 aliphatic carbocycles. The highest BCUT2D eigenvalue weighted by Gasteiger charge is 2.02. The third-order valence-electron chi connectivity index (χ3n) is 1.63. The zero-order valence-electron chi connectivity index (χ0n) is 7.83. The number of aldehydes is 1. The van der Waals surface area contributed by atoms with Crippen LogP contribution in [-0.2, 0) is 0 Å². The van der Waals surface area contributed by atoms with Crippen LogP contribution >= 0.6 is 0 Å². The van der Waals surface area contributed by atoms with Gasteiger partial charge in [-0.1, -0.05) is 5.11 Å². The van der Waals surface area contributed by atoms with Crippen LogP contribution in [0.3, 0.4) is 0 Å². The van der Waals surface area contributed by atoms with E-state index >= 15 is 0 Å². The Morgan fingerprint density at radius 1 is 1.60 bits per heavy atom. The van der Waals surface area contributed by atoms with E-state index in [1.54, 1.807) is 0 Å². The number of phenols is 1. The molecule has 0 fully saturated rings. The molecule has 1 N–H and O–H groups in total. The lowest BCUT2D eigenvalue weighted by Gasteiger charge is -2.06. The molecule has 78 valence electrons. The first kappa shape index (κ1) is 10.9. The van der Waals surface area contributed by atoms with Crippen molar-refractivity contribution in [1.29, 1.82) is 0 Å². The fourth-order valence-electron chi connectivity index (χ4n) is 0.961. The lowest BCUT2D eigenvalue weighted by Crippen LogP contribution is -2.00. The molecular formula is C9H9N3O3. The van der Waals surface area contributed by atoms with Crippen molar-refractivity contribution in [3.05, 3.63) is 34.2 Å². The molecular weight excluding hydrogens is 198 g/mol. The Hall–Kier alpha value is -2.20. The molecule has 15 heavy (non-hydrogen) atoms. The number of ether oxygens (including phenoxy) is 1. The smallest absolute Gasteiger partial charge is 0.161 e. The first-order valence-corrected chi connectivity index (χ1v) is 4.20. The first-order valence-electron chi connectivity index (χ1n) is 4.20. The number of rotatable bonds is 5. The van der Waals surface area contributed by atoms with E-state index in [-0.39, 0.29) is 24.7 Å². The van der Waals surface area contributed by atoms with Gasteiger partial charge in [-0.15, -0.1) is 0 Å². The van der Waals surface area contributed by atoms with Crippen molar-refractivity contribution in [2.45, 2.75) is 0 Å². The monoisotopic (exact) mass is 207 g/mol. The predicted molar refractivity (Wildman–Crippen MR) is 53.0 cm³/mol. The number of nitrogens with zero attached hydrogens (tertiary/aromatic N) is 3. The van der Waals surface area contributed by atoms with Crippen molar-refractivity contribution in [2.75, 3.05) is 13.2 Å². The molecule has 0 atom stereocenters. The summed E-state index contributed by atoms with van der Waals surface area (Å²) in [6, 6.07) is 4.26. The van der Waals surface area contributed by atoms with Crippen molar-refractivity contribution in [1.82, 2.24) is 0 Å². The molecule has 1 aromatic rings. The quantitative estimate of drug-likeness (QED) is 0.262. The summed E-state index contributed by atoms with van der Waals surface area (Å²) in [6.45, 7) is 0.321. The van der Waals surface area contributed by atoms with Crippen LogP contribution in [0.1, 0.15) is 10.4 Å². The number of hydrogen-bond acceptors (Lipinski definition) is 4. The highest BCUT2D eigenvalue weighted by molar-refractivity contribution is 5.76. The molecule has 6 heteroatoms. The number of azide groups is 1. The minimum absolute atomic E-state index is 0.0541. The van der Waals surface area contributed by atoms with Gasteiger partial charge in [-0.2, -0.15) is 0 Å². The maximum atomic E-state index is 10.4. The molecule has 1 rings (SSSR count). The van der Waals surface area contributed by atoms with Gasteiger partial charge in [0, 0.05) is 10.5 Å². The predicted octanol–water partition coefficient (Wildman–Crippen LogP) is 1.89. The molecule has 0 spiro atoms. The van der Waals surface area contributed by atoms with Crippen LogP contribution in [0.5, 0.6) is 11.5 Å². The van der Waals surface area contributed by atoms with E-state index in [0.29, 0.717) is 11.8 Å². The van der Waals surface area contributed by atoms with Crippen molar-refractivity contribution in [2.24, 2.45) is 5.11 Å². The molecule has 0 heterocycles. The molecule has 1 aromatic carbocycles. The van der Waals surface area contributed by atoms with Gasteiger partial charge in [-0.05, 0) is 23.7 Å². The van der Waals surface area contributed by atoms with Gasteiger partial charge in [0.15, 0.2) is 11.5 Å². The number of benzene rings is 1. The second-order valence-corrected chi connectivity index (χ2v) is 2.65. The van der Waals surface area contributed by atoms with Gasteiger partial charge in [0.25, 0.3) is 0 Å². The fraction of sp³-hybridized carbons (Fsp3) is 0.222. The van der Waals surface area contributed by atoms with E-state index in [1.807, 2.05) is 0 Å². The summed E-state index contributed by atoms with van der Waals surface area (Å²) in [5.41, 5.74) is 8.42. The Balaban J connectivity index is 2.66. The van der Waals surface area contributed by atoms with Crippen LogP contribution in [0.25, 0.3) is 10.4 Å². The van der Waals surface area contributed by atoms with Crippen molar-refractivity contribution < 1.29 is 14.6 Å². The van der Waals surface area contributed by atoms with Crippen LogP contribution in [0.4, 0.5) is 0 Å². The maximum absolute atomic E-state index is 10.4. The van der Waals surface area contributed by atoms with Gasteiger partial charge in [0.2, 0.25) is 0 Å². The average molecular weight is 207 g/mol. The van der Waals surface area contributed by atoms with E-state index in [1.165, 1.54) is 18.2 Å². The molecule has 0 saturated heterocycles. The van der Waals surface area contributed by atoms with E-state index < -0.39 is 0 Å². The SMILES string of the molecule is [N-]=[N+]=NCCOc1cc(C=O)ccc1O. The molecule has 0 aliphatic rings. The summed E-state index contributed by atoms with van der Waals surface area (Å²) in [7, 11) is 0. The number of aromatic hydroxyl groups is 1. The Kier molecular flexibility index (Phi) is 4.00. The van der Waals surface area contributed by atoms with E-state index in [0.717, 1.165) is 0 Å². The maximum Gasteiger partial charge on any atom is 0.161 e. The number of hydrogen-bond donors (Lipinski definition) is 1. The second kappa shape index (κ2) is 5.51. The number of carbonyl (C=O) groups excluding carboxylic acids is 1. The Labute approximate surface area is 85.7 Å². The zero-order chi connectivity index (χ0) is 11.1. The van der Waals surface area contributed by atoms with Gasteiger partial charge in [-0.3, -0.25) is 4.79 Å². The molecule has 0 amide bonds. The Bertz CT molecular complexity index is 400.